The predicted molar refractivity (Wildman–Crippen MR) is 149 cm³/mol. The molecule has 38 heavy (non-hydrogen) atoms. The number of para-hydroxylation sites is 1. The van der Waals surface area contributed by atoms with Gasteiger partial charge in [-0.15, -0.1) is 0 Å². The number of hydrogen-bond acceptors (Lipinski definition) is 4. The number of nitrogens with zero attached hydrogens (tertiary/aromatic N) is 2. The van der Waals surface area contributed by atoms with Crippen LogP contribution in [-0.2, 0) is 16.6 Å². The zero-order chi connectivity index (χ0) is 26.4. The van der Waals surface area contributed by atoms with Crippen molar-refractivity contribution in [1.82, 2.24) is 4.90 Å². The number of anilines is 1. The lowest BCUT2D eigenvalue weighted by Gasteiger charge is -2.32. The van der Waals surface area contributed by atoms with Crippen LogP contribution in [0.1, 0.15) is 28.8 Å². The van der Waals surface area contributed by atoms with Crippen LogP contribution in [0.5, 0.6) is 5.75 Å². The van der Waals surface area contributed by atoms with E-state index in [4.69, 9.17) is 4.74 Å². The molecule has 194 valence electrons. The highest BCUT2D eigenvalue weighted by Crippen LogP contribution is 2.28. The average molecular weight is 527 g/mol. The van der Waals surface area contributed by atoms with E-state index in [1.54, 1.807) is 54.6 Å². The highest BCUT2D eigenvalue weighted by molar-refractivity contribution is 7.92. The molecular weight excluding hydrogens is 496 g/mol. The number of piperidine rings is 1. The molecule has 5 rings (SSSR count). The molecule has 0 aromatic heterocycles. The van der Waals surface area contributed by atoms with Crippen molar-refractivity contribution < 1.29 is 17.9 Å². The van der Waals surface area contributed by atoms with Crippen LogP contribution in [0, 0.1) is 0 Å². The van der Waals surface area contributed by atoms with Crippen molar-refractivity contribution in [2.24, 2.45) is 0 Å². The highest BCUT2D eigenvalue weighted by atomic mass is 32.2. The second-order valence-corrected chi connectivity index (χ2v) is 11.1. The van der Waals surface area contributed by atoms with E-state index in [1.807, 2.05) is 65.6 Å². The van der Waals surface area contributed by atoms with Gasteiger partial charge in [0.15, 0.2) is 0 Å². The van der Waals surface area contributed by atoms with Crippen molar-refractivity contribution in [1.29, 1.82) is 0 Å². The average Bonchev–Trinajstić information content (AvgIpc) is 2.97. The molecule has 1 saturated heterocycles. The standard InChI is InChI=1S/C31H30N2O4S/c34-31(32-21-19-29(20-22-32)37-28-15-6-2-7-16-28)26-13-10-14-27(23-26)33(24-25-11-4-1-5-12-25)38(35,36)30-17-8-3-9-18-30/h1-18,23,29H,19-22,24H2. The summed E-state index contributed by atoms with van der Waals surface area (Å²) in [6.07, 6.45) is 1.54. The molecule has 0 bridgehead atoms. The topological polar surface area (TPSA) is 66.9 Å². The third-order valence-corrected chi connectivity index (χ3v) is 8.44. The SMILES string of the molecule is O=C(c1cccc(N(Cc2ccccc2)S(=O)(=O)c2ccccc2)c1)N1CCC(Oc2ccccc2)CC1. The maximum atomic E-state index is 13.7. The predicted octanol–water partition coefficient (Wildman–Crippen LogP) is 5.77. The van der Waals surface area contributed by atoms with Crippen molar-refractivity contribution in [2.45, 2.75) is 30.4 Å². The summed E-state index contributed by atoms with van der Waals surface area (Å²) >= 11 is 0. The molecule has 0 unspecified atom stereocenters. The molecule has 0 N–H and O–H groups in total. The Bertz CT molecular complexity index is 1450. The zero-order valence-corrected chi connectivity index (χ0v) is 21.8. The van der Waals surface area contributed by atoms with E-state index >= 15 is 0 Å². The van der Waals surface area contributed by atoms with Crippen molar-refractivity contribution in [3.8, 4) is 5.75 Å². The number of benzene rings is 4. The van der Waals surface area contributed by atoms with Gasteiger partial charge in [-0.05, 0) is 48.0 Å². The number of ether oxygens (including phenoxy) is 1. The largest absolute Gasteiger partial charge is 0.490 e. The maximum Gasteiger partial charge on any atom is 0.264 e. The van der Waals surface area contributed by atoms with Gasteiger partial charge in [0.2, 0.25) is 0 Å². The molecule has 0 saturated carbocycles. The summed E-state index contributed by atoms with van der Waals surface area (Å²) in [6, 6.07) is 34.4. The molecule has 1 aliphatic rings. The summed E-state index contributed by atoms with van der Waals surface area (Å²) in [5.41, 5.74) is 1.77. The summed E-state index contributed by atoms with van der Waals surface area (Å²) in [4.78, 5) is 15.5. The Hall–Kier alpha value is -4.10. The van der Waals surface area contributed by atoms with Gasteiger partial charge in [-0.3, -0.25) is 9.10 Å². The van der Waals surface area contributed by atoms with Crippen molar-refractivity contribution in [2.75, 3.05) is 17.4 Å². The second kappa shape index (κ2) is 11.5. The van der Waals surface area contributed by atoms with Crippen LogP contribution in [0.2, 0.25) is 0 Å². The van der Waals surface area contributed by atoms with Crippen molar-refractivity contribution in [3.63, 3.8) is 0 Å². The molecule has 6 nitrogen and oxygen atoms in total. The molecule has 1 amide bonds. The monoisotopic (exact) mass is 526 g/mol. The summed E-state index contributed by atoms with van der Waals surface area (Å²) in [5, 5.41) is 0. The smallest absolute Gasteiger partial charge is 0.264 e. The summed E-state index contributed by atoms with van der Waals surface area (Å²) in [7, 11) is -3.86. The van der Waals surface area contributed by atoms with Crippen molar-refractivity contribution >= 4 is 21.6 Å². The molecule has 7 heteroatoms. The van der Waals surface area contributed by atoms with E-state index in [2.05, 4.69) is 0 Å². The van der Waals surface area contributed by atoms with E-state index in [0.29, 0.717) is 24.3 Å². The fourth-order valence-corrected chi connectivity index (χ4v) is 6.09. The molecule has 4 aromatic carbocycles. The molecular formula is C31H30N2O4S. The van der Waals surface area contributed by atoms with Crippen LogP contribution in [0.3, 0.4) is 0 Å². The fourth-order valence-electron chi connectivity index (χ4n) is 4.63. The number of hydrogen-bond donors (Lipinski definition) is 0. The van der Waals surface area contributed by atoms with E-state index in [1.165, 1.54) is 4.31 Å². The summed E-state index contributed by atoms with van der Waals surface area (Å²) in [6.45, 7) is 1.31. The normalized spacial score (nSPS) is 14.2. The van der Waals surface area contributed by atoms with Crippen LogP contribution < -0.4 is 9.04 Å². The van der Waals surface area contributed by atoms with Crippen LogP contribution >= 0.6 is 0 Å². The number of rotatable bonds is 8. The lowest BCUT2D eigenvalue weighted by Crippen LogP contribution is -2.41. The first-order chi connectivity index (χ1) is 18.5. The number of carbonyl (C=O) groups is 1. The minimum Gasteiger partial charge on any atom is -0.490 e. The summed E-state index contributed by atoms with van der Waals surface area (Å²) < 4.78 is 34.9. The minimum atomic E-state index is -3.86. The number of carbonyl (C=O) groups excluding carboxylic acids is 1. The van der Waals surface area contributed by atoms with Gasteiger partial charge in [-0.1, -0.05) is 72.8 Å². The van der Waals surface area contributed by atoms with Gasteiger partial charge in [-0.25, -0.2) is 8.42 Å². The molecule has 1 aliphatic heterocycles. The Balaban J connectivity index is 1.36. The Morgan fingerprint density at radius 3 is 2.05 bits per heavy atom. The van der Waals surface area contributed by atoms with E-state index in [-0.39, 0.29) is 23.5 Å². The molecule has 0 atom stereocenters. The zero-order valence-electron chi connectivity index (χ0n) is 21.0. The Kier molecular flexibility index (Phi) is 7.75. The maximum absolute atomic E-state index is 13.7. The fraction of sp³-hybridized carbons (Fsp3) is 0.194. The van der Waals surface area contributed by atoms with Gasteiger partial charge < -0.3 is 9.64 Å². The molecule has 0 spiro atoms. The number of amides is 1. The molecule has 1 heterocycles. The lowest BCUT2D eigenvalue weighted by molar-refractivity contribution is 0.0595. The van der Waals surface area contributed by atoms with Crippen LogP contribution in [0.4, 0.5) is 5.69 Å². The Morgan fingerprint density at radius 1 is 0.789 bits per heavy atom. The number of sulfonamides is 1. The van der Waals surface area contributed by atoms with Crippen LogP contribution in [0.25, 0.3) is 0 Å². The van der Waals surface area contributed by atoms with Gasteiger partial charge in [0, 0.05) is 31.5 Å². The van der Waals surface area contributed by atoms with Crippen LogP contribution in [0.15, 0.2) is 120 Å². The molecule has 0 aliphatic carbocycles. The first kappa shape index (κ1) is 25.5. The molecule has 0 radical (unpaired) electrons. The minimum absolute atomic E-state index is 0.0603. The van der Waals surface area contributed by atoms with E-state index in [9.17, 15) is 13.2 Å². The third kappa shape index (κ3) is 5.89. The van der Waals surface area contributed by atoms with Crippen molar-refractivity contribution in [3.05, 3.63) is 126 Å². The van der Waals surface area contributed by atoms with Gasteiger partial charge >= 0.3 is 0 Å². The van der Waals surface area contributed by atoms with Gasteiger partial charge in [0.1, 0.15) is 11.9 Å². The summed E-state index contributed by atoms with van der Waals surface area (Å²) in [5.74, 6) is 0.727. The third-order valence-electron chi connectivity index (χ3n) is 6.66. The first-order valence-electron chi connectivity index (χ1n) is 12.7. The van der Waals surface area contributed by atoms with Gasteiger partial charge in [-0.2, -0.15) is 0 Å². The lowest BCUT2D eigenvalue weighted by atomic mass is 10.1. The molecule has 1 fully saturated rings. The van der Waals surface area contributed by atoms with Gasteiger partial charge in [0.25, 0.3) is 15.9 Å². The molecule has 4 aromatic rings. The van der Waals surface area contributed by atoms with Gasteiger partial charge in [0.05, 0.1) is 17.1 Å². The van der Waals surface area contributed by atoms with Crippen LogP contribution in [-0.4, -0.2) is 38.4 Å². The second-order valence-electron chi connectivity index (χ2n) is 9.28. The first-order valence-corrected chi connectivity index (χ1v) is 14.2. The quantitative estimate of drug-likeness (QED) is 0.293. The van der Waals surface area contributed by atoms with E-state index < -0.39 is 10.0 Å². The number of likely N-dealkylation sites (tertiary alicyclic amines) is 1. The Morgan fingerprint density at radius 2 is 1.39 bits per heavy atom. The Labute approximate surface area is 224 Å². The van der Waals surface area contributed by atoms with E-state index in [0.717, 1.165) is 24.2 Å². The highest BCUT2D eigenvalue weighted by Gasteiger charge is 2.28.